The second-order valence-electron chi connectivity index (χ2n) is 7.58. The molecule has 6 nitrogen and oxygen atoms in total. The molecular formula is C19H26N2O4. The van der Waals surface area contributed by atoms with Crippen molar-refractivity contribution in [3.05, 3.63) is 29.6 Å². The summed E-state index contributed by atoms with van der Waals surface area (Å²) in [7, 11) is 0. The Hall–Kier alpha value is -1.50. The first-order valence-electron chi connectivity index (χ1n) is 9.16. The van der Waals surface area contributed by atoms with Crippen LogP contribution in [-0.2, 0) is 25.6 Å². The normalized spacial score (nSPS) is 28.1. The van der Waals surface area contributed by atoms with Crippen molar-refractivity contribution in [1.29, 1.82) is 0 Å². The molecule has 6 heteroatoms. The van der Waals surface area contributed by atoms with E-state index in [9.17, 15) is 4.79 Å². The van der Waals surface area contributed by atoms with E-state index in [1.165, 1.54) is 0 Å². The van der Waals surface area contributed by atoms with Gasteiger partial charge in [0, 0.05) is 32.0 Å². The molecule has 0 bridgehead atoms. The Morgan fingerprint density at radius 3 is 3.00 bits per heavy atom. The number of rotatable bonds is 4. The van der Waals surface area contributed by atoms with Crippen LogP contribution >= 0.6 is 0 Å². The van der Waals surface area contributed by atoms with Gasteiger partial charge in [-0.05, 0) is 30.9 Å². The highest BCUT2D eigenvalue weighted by molar-refractivity contribution is 5.80. The molecule has 4 heterocycles. The Kier molecular flexibility index (Phi) is 4.75. The van der Waals surface area contributed by atoms with E-state index >= 15 is 0 Å². The number of hydrogen-bond donors (Lipinski definition) is 0. The van der Waals surface area contributed by atoms with Gasteiger partial charge < -0.3 is 19.1 Å². The summed E-state index contributed by atoms with van der Waals surface area (Å²) in [5, 5.41) is 0. The largest absolute Gasteiger partial charge is 0.381 e. The molecule has 0 aliphatic carbocycles. The zero-order chi connectivity index (χ0) is 17.3. The SMILES string of the molecule is Cc1cncc(COC2CCOC3(C2)CN(C(=O)C2CCOC2)C3)c1. The van der Waals surface area contributed by atoms with Gasteiger partial charge in [0.2, 0.25) is 5.91 Å². The number of carbonyl (C=O) groups excluding carboxylic acids is 1. The smallest absolute Gasteiger partial charge is 0.228 e. The number of likely N-dealkylation sites (tertiary alicyclic amines) is 1. The Balaban J connectivity index is 1.28. The van der Waals surface area contributed by atoms with E-state index in [1.54, 1.807) is 0 Å². The predicted molar refractivity (Wildman–Crippen MR) is 91.0 cm³/mol. The van der Waals surface area contributed by atoms with Gasteiger partial charge in [0.15, 0.2) is 0 Å². The highest BCUT2D eigenvalue weighted by atomic mass is 16.5. The average Bonchev–Trinajstić information content (AvgIpc) is 3.12. The summed E-state index contributed by atoms with van der Waals surface area (Å²) in [5.41, 5.74) is 2.05. The van der Waals surface area contributed by atoms with E-state index in [0.717, 1.165) is 30.4 Å². The number of nitrogens with zero attached hydrogens (tertiary/aromatic N) is 2. The standard InChI is InChI=1S/C19H26N2O4/c1-14-6-15(9-20-8-14)10-24-17-3-5-25-19(7-17)12-21(13-19)18(22)16-2-4-23-11-16/h6,8-9,16-17H,2-5,7,10-13H2,1H3. The van der Waals surface area contributed by atoms with Crippen molar-refractivity contribution in [3.8, 4) is 0 Å². The van der Waals surface area contributed by atoms with Gasteiger partial charge in [-0.3, -0.25) is 9.78 Å². The lowest BCUT2D eigenvalue weighted by Gasteiger charge is -2.53. The Morgan fingerprint density at radius 2 is 2.24 bits per heavy atom. The molecule has 1 aromatic heterocycles. The minimum atomic E-state index is -0.205. The predicted octanol–water partition coefficient (Wildman–Crippen LogP) is 1.70. The zero-order valence-electron chi connectivity index (χ0n) is 14.8. The van der Waals surface area contributed by atoms with Gasteiger partial charge in [-0.25, -0.2) is 0 Å². The van der Waals surface area contributed by atoms with Crippen molar-refractivity contribution in [1.82, 2.24) is 9.88 Å². The van der Waals surface area contributed by atoms with Crippen LogP contribution in [-0.4, -0.2) is 60.4 Å². The Labute approximate surface area is 148 Å². The quantitative estimate of drug-likeness (QED) is 0.830. The minimum Gasteiger partial charge on any atom is -0.381 e. The van der Waals surface area contributed by atoms with E-state index in [1.807, 2.05) is 24.2 Å². The van der Waals surface area contributed by atoms with Crippen molar-refractivity contribution in [3.63, 3.8) is 0 Å². The van der Waals surface area contributed by atoms with Gasteiger partial charge in [-0.15, -0.1) is 0 Å². The van der Waals surface area contributed by atoms with Crippen molar-refractivity contribution in [2.45, 2.75) is 44.5 Å². The summed E-state index contributed by atoms with van der Waals surface area (Å²) in [6.07, 6.45) is 6.50. The van der Waals surface area contributed by atoms with Gasteiger partial charge in [0.05, 0.1) is 38.3 Å². The summed E-state index contributed by atoms with van der Waals surface area (Å²) in [4.78, 5) is 18.6. The number of hydrogen-bond acceptors (Lipinski definition) is 5. The minimum absolute atomic E-state index is 0.0433. The summed E-state index contributed by atoms with van der Waals surface area (Å²) in [6, 6.07) is 2.11. The molecule has 2 atom stereocenters. The van der Waals surface area contributed by atoms with Crippen molar-refractivity contribution in [2.24, 2.45) is 5.92 Å². The zero-order valence-corrected chi connectivity index (χ0v) is 14.8. The van der Waals surface area contributed by atoms with Crippen molar-refractivity contribution in [2.75, 3.05) is 32.9 Å². The number of aromatic nitrogens is 1. The van der Waals surface area contributed by atoms with Crippen LogP contribution in [0, 0.1) is 12.8 Å². The number of aryl methyl sites for hydroxylation is 1. The molecule has 3 saturated heterocycles. The maximum atomic E-state index is 12.4. The van der Waals surface area contributed by atoms with Crippen LogP contribution < -0.4 is 0 Å². The highest BCUT2D eigenvalue weighted by Gasteiger charge is 2.50. The first-order valence-corrected chi connectivity index (χ1v) is 9.16. The van der Waals surface area contributed by atoms with Crippen LogP contribution in [0.25, 0.3) is 0 Å². The van der Waals surface area contributed by atoms with Gasteiger partial charge in [-0.1, -0.05) is 6.07 Å². The lowest BCUT2D eigenvalue weighted by molar-refractivity contribution is -0.204. The third kappa shape index (κ3) is 3.71. The number of pyridine rings is 1. The van der Waals surface area contributed by atoms with Gasteiger partial charge >= 0.3 is 0 Å². The molecule has 3 fully saturated rings. The summed E-state index contributed by atoms with van der Waals surface area (Å²) in [5.74, 6) is 0.266. The molecule has 25 heavy (non-hydrogen) atoms. The fourth-order valence-electron chi connectivity index (χ4n) is 4.05. The maximum absolute atomic E-state index is 12.4. The van der Waals surface area contributed by atoms with Gasteiger partial charge in [0.25, 0.3) is 0 Å². The van der Waals surface area contributed by atoms with Crippen LogP contribution in [0.4, 0.5) is 0 Å². The molecule has 0 aromatic carbocycles. The highest BCUT2D eigenvalue weighted by Crippen LogP contribution is 2.36. The van der Waals surface area contributed by atoms with Crippen molar-refractivity contribution >= 4 is 5.91 Å². The molecule has 136 valence electrons. The number of amides is 1. The lowest BCUT2D eigenvalue weighted by atomic mass is 9.84. The molecule has 0 N–H and O–H groups in total. The molecule has 0 saturated carbocycles. The fraction of sp³-hybridized carbons (Fsp3) is 0.684. The summed E-state index contributed by atoms with van der Waals surface area (Å²) < 4.78 is 17.5. The van der Waals surface area contributed by atoms with E-state index < -0.39 is 0 Å². The average molecular weight is 346 g/mol. The molecule has 2 unspecified atom stereocenters. The maximum Gasteiger partial charge on any atom is 0.228 e. The van der Waals surface area contributed by atoms with Crippen LogP contribution in [0.2, 0.25) is 0 Å². The number of ether oxygens (including phenoxy) is 3. The van der Waals surface area contributed by atoms with Crippen molar-refractivity contribution < 1.29 is 19.0 Å². The molecule has 0 radical (unpaired) electrons. The van der Waals surface area contributed by atoms with E-state index in [-0.39, 0.29) is 23.5 Å². The van der Waals surface area contributed by atoms with Crippen LogP contribution in [0.3, 0.4) is 0 Å². The molecule has 1 spiro atoms. The first kappa shape index (κ1) is 16.9. The summed E-state index contributed by atoms with van der Waals surface area (Å²) >= 11 is 0. The third-order valence-electron chi connectivity index (χ3n) is 5.41. The number of carbonyl (C=O) groups is 1. The van der Waals surface area contributed by atoms with Gasteiger partial charge in [0.1, 0.15) is 5.60 Å². The van der Waals surface area contributed by atoms with Crippen LogP contribution in [0.5, 0.6) is 0 Å². The Morgan fingerprint density at radius 1 is 1.36 bits per heavy atom. The molecular weight excluding hydrogens is 320 g/mol. The summed E-state index contributed by atoms with van der Waals surface area (Å²) in [6.45, 7) is 5.97. The molecule has 3 aliphatic heterocycles. The third-order valence-corrected chi connectivity index (χ3v) is 5.41. The topological polar surface area (TPSA) is 60.9 Å². The van der Waals surface area contributed by atoms with Gasteiger partial charge in [-0.2, -0.15) is 0 Å². The van der Waals surface area contributed by atoms with E-state index in [2.05, 4.69) is 11.1 Å². The molecule has 1 amide bonds. The van der Waals surface area contributed by atoms with Crippen LogP contribution in [0.1, 0.15) is 30.4 Å². The fourth-order valence-corrected chi connectivity index (χ4v) is 4.05. The second-order valence-corrected chi connectivity index (χ2v) is 7.58. The second kappa shape index (κ2) is 7.02. The first-order chi connectivity index (χ1) is 12.1. The Bertz CT molecular complexity index is 624. The molecule has 1 aromatic rings. The molecule has 4 rings (SSSR count). The lowest BCUT2D eigenvalue weighted by Crippen LogP contribution is -2.68. The van der Waals surface area contributed by atoms with Crippen LogP contribution in [0.15, 0.2) is 18.5 Å². The van der Waals surface area contributed by atoms with E-state index in [0.29, 0.717) is 39.5 Å². The molecule has 3 aliphatic rings. The monoisotopic (exact) mass is 346 g/mol. The van der Waals surface area contributed by atoms with E-state index in [4.69, 9.17) is 14.2 Å².